The number of rotatable bonds is 7. The molecule has 0 heterocycles. The van der Waals surface area contributed by atoms with Crippen LogP contribution in [0.1, 0.15) is 15.9 Å². The molecule has 0 bridgehead atoms. The molecule has 0 aromatic heterocycles. The van der Waals surface area contributed by atoms with E-state index in [2.05, 4.69) is 37.6 Å². The van der Waals surface area contributed by atoms with Gasteiger partial charge in [-0.1, -0.05) is 40.2 Å². The van der Waals surface area contributed by atoms with Crippen molar-refractivity contribution in [2.24, 2.45) is 4.99 Å². The molecule has 2 aromatic carbocycles. The molecule has 0 spiro atoms. The molecule has 8 heteroatoms. The number of nitrogens with one attached hydrogen (secondary N) is 2. The summed E-state index contributed by atoms with van der Waals surface area (Å²) in [4.78, 5) is 18.5. The van der Waals surface area contributed by atoms with Gasteiger partial charge in [0.25, 0.3) is 5.91 Å². The number of ether oxygens (including phenoxy) is 1. The predicted octanol–water partition coefficient (Wildman–Crippen LogP) is 3.51. The molecule has 152 valence electrons. The highest BCUT2D eigenvalue weighted by Crippen LogP contribution is 2.17. The Morgan fingerprint density at radius 2 is 1.86 bits per heavy atom. The van der Waals surface area contributed by atoms with Crippen LogP contribution >= 0.6 is 39.9 Å². The number of aliphatic imine (C=N–C) groups is 1. The lowest BCUT2D eigenvalue weighted by atomic mass is 10.2. The van der Waals surface area contributed by atoms with Gasteiger partial charge in [-0.15, -0.1) is 24.0 Å². The molecule has 2 rings (SSSR count). The topological polar surface area (TPSA) is 66.0 Å². The van der Waals surface area contributed by atoms with Gasteiger partial charge in [0.2, 0.25) is 0 Å². The normalized spacial score (nSPS) is 10.6. The number of benzene rings is 2. The fourth-order valence-electron chi connectivity index (χ4n) is 2.56. The molecule has 6 nitrogen and oxygen atoms in total. The van der Waals surface area contributed by atoms with E-state index in [4.69, 9.17) is 4.74 Å². The highest BCUT2D eigenvalue weighted by molar-refractivity contribution is 14.0. The maximum absolute atomic E-state index is 12.2. The summed E-state index contributed by atoms with van der Waals surface area (Å²) >= 11 is 3.56. The summed E-state index contributed by atoms with van der Waals surface area (Å²) in [7, 11) is 5.30. The third-order valence-corrected chi connectivity index (χ3v) is 4.74. The lowest BCUT2D eigenvalue weighted by molar-refractivity contribution is 0.0954. The molecule has 0 atom stereocenters. The van der Waals surface area contributed by atoms with Gasteiger partial charge in [-0.05, 0) is 29.8 Å². The van der Waals surface area contributed by atoms with Crippen LogP contribution in [0.4, 0.5) is 0 Å². The van der Waals surface area contributed by atoms with E-state index in [0.29, 0.717) is 24.4 Å². The zero-order valence-electron chi connectivity index (χ0n) is 16.2. The van der Waals surface area contributed by atoms with Gasteiger partial charge in [-0.2, -0.15) is 0 Å². The molecule has 0 aliphatic rings. The Morgan fingerprint density at radius 3 is 2.54 bits per heavy atom. The second-order valence-corrected chi connectivity index (χ2v) is 6.76. The van der Waals surface area contributed by atoms with Gasteiger partial charge in [0, 0.05) is 43.8 Å². The summed E-state index contributed by atoms with van der Waals surface area (Å²) in [6.45, 7) is 1.78. The quantitative estimate of drug-likeness (QED) is 0.235. The lowest BCUT2D eigenvalue weighted by Crippen LogP contribution is -2.42. The summed E-state index contributed by atoms with van der Waals surface area (Å²) in [5, 5.41) is 6.15. The first-order chi connectivity index (χ1) is 13.0. The van der Waals surface area contributed by atoms with E-state index in [0.717, 1.165) is 17.0 Å². The van der Waals surface area contributed by atoms with Crippen LogP contribution < -0.4 is 15.4 Å². The van der Waals surface area contributed by atoms with Crippen LogP contribution in [0, 0.1) is 0 Å². The SMILES string of the molecule is CN=C(NCCNC(=O)c1cccc(OC)c1)N(C)Cc1ccccc1Br.I. The summed E-state index contributed by atoms with van der Waals surface area (Å²) in [6.07, 6.45) is 0. The molecule has 1 amide bonds. The summed E-state index contributed by atoms with van der Waals surface area (Å²) in [5.74, 6) is 1.29. The van der Waals surface area contributed by atoms with Gasteiger partial charge in [-0.25, -0.2) is 0 Å². The number of nitrogens with zero attached hydrogens (tertiary/aromatic N) is 2. The molecule has 0 unspecified atom stereocenters. The van der Waals surface area contributed by atoms with Crippen LogP contribution in [0.3, 0.4) is 0 Å². The van der Waals surface area contributed by atoms with E-state index in [1.165, 1.54) is 5.56 Å². The van der Waals surface area contributed by atoms with Crippen molar-refractivity contribution in [2.75, 3.05) is 34.3 Å². The minimum atomic E-state index is -0.132. The molecule has 28 heavy (non-hydrogen) atoms. The molecular weight excluding hydrogens is 535 g/mol. The van der Waals surface area contributed by atoms with Crippen LogP contribution in [0.2, 0.25) is 0 Å². The van der Waals surface area contributed by atoms with Gasteiger partial charge in [-0.3, -0.25) is 9.79 Å². The maximum atomic E-state index is 12.2. The third-order valence-electron chi connectivity index (χ3n) is 3.96. The monoisotopic (exact) mass is 560 g/mol. The van der Waals surface area contributed by atoms with E-state index < -0.39 is 0 Å². The van der Waals surface area contributed by atoms with E-state index in [-0.39, 0.29) is 29.9 Å². The van der Waals surface area contributed by atoms with Crippen molar-refractivity contribution in [1.29, 1.82) is 0 Å². The molecule has 2 aromatic rings. The summed E-state index contributed by atoms with van der Waals surface area (Å²) in [5.41, 5.74) is 1.75. The summed E-state index contributed by atoms with van der Waals surface area (Å²) < 4.78 is 6.21. The van der Waals surface area contributed by atoms with Crippen molar-refractivity contribution in [1.82, 2.24) is 15.5 Å². The van der Waals surface area contributed by atoms with Gasteiger partial charge in [0.15, 0.2) is 5.96 Å². The Bertz CT molecular complexity index is 801. The molecule has 0 aliphatic heterocycles. The first kappa shape index (κ1) is 24.2. The zero-order chi connectivity index (χ0) is 19.6. The van der Waals surface area contributed by atoms with E-state index in [1.807, 2.05) is 36.2 Å². The number of halogens is 2. The number of carbonyl (C=O) groups is 1. The van der Waals surface area contributed by atoms with Crippen molar-refractivity contribution in [3.05, 3.63) is 64.1 Å². The lowest BCUT2D eigenvalue weighted by Gasteiger charge is -2.22. The Hall–Kier alpha value is -1.81. The van der Waals surface area contributed by atoms with Crippen LogP contribution in [0.15, 0.2) is 58.0 Å². The van der Waals surface area contributed by atoms with Crippen LogP contribution in [0.5, 0.6) is 5.75 Å². The third kappa shape index (κ3) is 7.31. The smallest absolute Gasteiger partial charge is 0.251 e. The molecule has 2 N–H and O–H groups in total. The minimum Gasteiger partial charge on any atom is -0.497 e. The summed E-state index contributed by atoms with van der Waals surface area (Å²) in [6, 6.07) is 15.2. The second kappa shape index (κ2) is 12.6. The number of guanidine groups is 1. The average molecular weight is 561 g/mol. The standard InChI is InChI=1S/C20H25BrN4O2.HI/c1-22-20(25(2)14-16-7-4-5-10-18(16)21)24-12-11-23-19(26)15-8-6-9-17(13-15)27-3;/h4-10,13H,11-12,14H2,1-3H3,(H,22,24)(H,23,26);1H. The van der Waals surface area contributed by atoms with Gasteiger partial charge in [0.1, 0.15) is 5.75 Å². The van der Waals surface area contributed by atoms with E-state index in [1.54, 1.807) is 32.4 Å². The number of methoxy groups -OCH3 is 1. The average Bonchev–Trinajstić information content (AvgIpc) is 2.69. The fourth-order valence-corrected chi connectivity index (χ4v) is 2.97. The van der Waals surface area contributed by atoms with Crippen molar-refractivity contribution in [3.63, 3.8) is 0 Å². The molecule has 0 saturated heterocycles. The number of amides is 1. The van der Waals surface area contributed by atoms with Crippen molar-refractivity contribution < 1.29 is 9.53 Å². The fraction of sp³-hybridized carbons (Fsp3) is 0.300. The first-order valence-corrected chi connectivity index (χ1v) is 9.42. The number of hydrogen-bond donors (Lipinski definition) is 2. The molecular formula is C20H26BrIN4O2. The molecule has 0 aliphatic carbocycles. The maximum Gasteiger partial charge on any atom is 0.251 e. The Morgan fingerprint density at radius 1 is 1.14 bits per heavy atom. The molecule has 0 fully saturated rings. The second-order valence-electron chi connectivity index (χ2n) is 5.91. The van der Waals surface area contributed by atoms with Crippen molar-refractivity contribution in [2.45, 2.75) is 6.54 Å². The Labute approximate surface area is 191 Å². The molecule has 0 saturated carbocycles. The van der Waals surface area contributed by atoms with E-state index in [9.17, 15) is 4.79 Å². The van der Waals surface area contributed by atoms with Crippen LogP contribution in [-0.4, -0.2) is 51.1 Å². The van der Waals surface area contributed by atoms with Gasteiger partial charge < -0.3 is 20.3 Å². The Kier molecular flexibility index (Phi) is 10.9. The zero-order valence-corrected chi connectivity index (χ0v) is 20.2. The van der Waals surface area contributed by atoms with Gasteiger partial charge in [0.05, 0.1) is 7.11 Å². The highest BCUT2D eigenvalue weighted by Gasteiger charge is 2.09. The highest BCUT2D eigenvalue weighted by atomic mass is 127. The van der Waals surface area contributed by atoms with Gasteiger partial charge >= 0.3 is 0 Å². The van der Waals surface area contributed by atoms with Crippen LogP contribution in [0.25, 0.3) is 0 Å². The minimum absolute atomic E-state index is 0. The van der Waals surface area contributed by atoms with Crippen molar-refractivity contribution in [3.8, 4) is 5.75 Å². The number of carbonyl (C=O) groups excluding carboxylic acids is 1. The Balaban J connectivity index is 0.00000392. The first-order valence-electron chi connectivity index (χ1n) is 8.62. The molecule has 0 radical (unpaired) electrons. The number of hydrogen-bond acceptors (Lipinski definition) is 3. The van der Waals surface area contributed by atoms with Crippen LogP contribution in [-0.2, 0) is 6.54 Å². The largest absolute Gasteiger partial charge is 0.497 e. The predicted molar refractivity (Wildman–Crippen MR) is 128 cm³/mol. The van der Waals surface area contributed by atoms with Crippen molar-refractivity contribution >= 4 is 51.8 Å². The van der Waals surface area contributed by atoms with E-state index >= 15 is 0 Å².